The van der Waals surface area contributed by atoms with E-state index in [0.29, 0.717) is 26.0 Å². The lowest BCUT2D eigenvalue weighted by atomic mass is 9.77. The smallest absolute Gasteiger partial charge is 0.158 e. The molecule has 0 bridgehead atoms. The van der Waals surface area contributed by atoms with Crippen molar-refractivity contribution in [1.82, 2.24) is 0 Å². The third kappa shape index (κ3) is 2.29. The molecule has 70 valence electrons. The summed E-state index contributed by atoms with van der Waals surface area (Å²) in [6.07, 6.45) is 3.77. The van der Waals surface area contributed by atoms with E-state index >= 15 is 0 Å². The van der Waals surface area contributed by atoms with Crippen molar-refractivity contribution in [2.75, 3.05) is 0 Å². The van der Waals surface area contributed by atoms with Crippen LogP contribution in [0.3, 0.4) is 0 Å². The topological polar surface area (TPSA) is 17.1 Å². The van der Waals surface area contributed by atoms with Gasteiger partial charge in [-0.15, -0.1) is 0 Å². The van der Waals surface area contributed by atoms with E-state index in [1.807, 2.05) is 0 Å². The monoisotopic (exact) mass is 186 g/mol. The highest BCUT2D eigenvalue weighted by Crippen LogP contribution is 2.39. The van der Waals surface area contributed by atoms with Crippen molar-refractivity contribution in [3.8, 4) is 0 Å². The third-order valence-corrected chi connectivity index (χ3v) is 3.99. The summed E-state index contributed by atoms with van der Waals surface area (Å²) in [4.78, 5) is 0. The van der Waals surface area contributed by atoms with Gasteiger partial charge in [0.1, 0.15) is 0 Å². The predicted octanol–water partition coefficient (Wildman–Crippen LogP) is 3.74. The van der Waals surface area contributed by atoms with Gasteiger partial charge < -0.3 is 0 Å². The third-order valence-electron chi connectivity index (χ3n) is 3.12. The van der Waals surface area contributed by atoms with Gasteiger partial charge >= 0.3 is 0 Å². The second-order valence-electron chi connectivity index (χ2n) is 4.50. The molecule has 1 rings (SSSR count). The fourth-order valence-electron chi connectivity index (χ4n) is 2.27. The van der Waals surface area contributed by atoms with Crippen molar-refractivity contribution < 1.29 is 4.57 Å². The molecule has 0 spiro atoms. The van der Waals surface area contributed by atoms with E-state index in [0.717, 1.165) is 12.3 Å². The zero-order valence-corrected chi connectivity index (χ0v) is 9.18. The fourth-order valence-corrected chi connectivity index (χ4v) is 3.37. The van der Waals surface area contributed by atoms with Crippen molar-refractivity contribution in [3.05, 3.63) is 0 Å². The normalized spacial score (nSPS) is 37.5. The lowest BCUT2D eigenvalue weighted by molar-refractivity contribution is 0.240. The molecule has 0 saturated heterocycles. The molecule has 0 heterocycles. The van der Waals surface area contributed by atoms with Crippen LogP contribution in [-0.4, -0.2) is 5.66 Å². The summed E-state index contributed by atoms with van der Waals surface area (Å²) in [7, 11) is 0.376. The van der Waals surface area contributed by atoms with E-state index in [1.165, 1.54) is 12.8 Å². The van der Waals surface area contributed by atoms with Gasteiger partial charge in [-0.25, -0.2) is 0 Å². The molecule has 1 saturated carbocycles. The molecule has 1 nitrogen and oxygen atoms in total. The van der Waals surface area contributed by atoms with E-state index in [4.69, 9.17) is 0 Å². The molecule has 0 amide bonds. The SMILES string of the molecule is CC1CCC(C(C)C)C(P=O)C1. The van der Waals surface area contributed by atoms with E-state index in [9.17, 15) is 4.57 Å². The second-order valence-corrected chi connectivity index (χ2v) is 5.37. The molecule has 0 N–H and O–H groups in total. The molecule has 0 aromatic heterocycles. The van der Waals surface area contributed by atoms with Crippen LogP contribution in [0.25, 0.3) is 0 Å². The standard InChI is InChI=1S/C10H19OP/c1-7(2)9-5-4-8(3)6-10(9)12-11/h7-10H,4-6H2,1-3H3. The van der Waals surface area contributed by atoms with Gasteiger partial charge in [0.25, 0.3) is 0 Å². The summed E-state index contributed by atoms with van der Waals surface area (Å²) in [5.41, 5.74) is 0.439. The van der Waals surface area contributed by atoms with Crippen molar-refractivity contribution in [2.24, 2.45) is 17.8 Å². The van der Waals surface area contributed by atoms with E-state index in [1.54, 1.807) is 0 Å². The van der Waals surface area contributed by atoms with E-state index in [-0.39, 0.29) is 0 Å². The predicted molar refractivity (Wildman–Crippen MR) is 52.7 cm³/mol. The average molecular weight is 186 g/mol. The molecule has 3 unspecified atom stereocenters. The van der Waals surface area contributed by atoms with Gasteiger partial charge in [-0.3, -0.25) is 4.57 Å². The highest BCUT2D eigenvalue weighted by Gasteiger charge is 2.30. The zero-order chi connectivity index (χ0) is 9.14. The van der Waals surface area contributed by atoms with Gasteiger partial charge in [-0.05, 0) is 30.6 Å². The number of hydrogen-bond donors (Lipinski definition) is 0. The van der Waals surface area contributed by atoms with Crippen LogP contribution in [-0.2, 0) is 4.57 Å². The number of rotatable bonds is 2. The van der Waals surface area contributed by atoms with E-state index < -0.39 is 0 Å². The zero-order valence-electron chi connectivity index (χ0n) is 8.29. The summed E-state index contributed by atoms with van der Waals surface area (Å²) in [5, 5.41) is 0. The van der Waals surface area contributed by atoms with Gasteiger partial charge in [-0.2, -0.15) is 0 Å². The van der Waals surface area contributed by atoms with Crippen LogP contribution < -0.4 is 0 Å². The summed E-state index contributed by atoms with van der Waals surface area (Å²) in [6.45, 7) is 6.77. The molecule has 1 fully saturated rings. The van der Waals surface area contributed by atoms with Crippen molar-refractivity contribution >= 4 is 8.46 Å². The Labute approximate surface area is 77.1 Å². The molecule has 3 atom stereocenters. The Kier molecular flexibility index (Phi) is 3.71. The van der Waals surface area contributed by atoms with Crippen molar-refractivity contribution in [1.29, 1.82) is 0 Å². The maximum absolute atomic E-state index is 10.9. The van der Waals surface area contributed by atoms with Crippen molar-refractivity contribution in [2.45, 2.75) is 45.7 Å². The van der Waals surface area contributed by atoms with Crippen LogP contribution in [0.1, 0.15) is 40.0 Å². The Morgan fingerprint density at radius 1 is 1.33 bits per heavy atom. The molecule has 12 heavy (non-hydrogen) atoms. The second kappa shape index (κ2) is 4.37. The summed E-state index contributed by atoms with van der Waals surface area (Å²) < 4.78 is 10.9. The van der Waals surface area contributed by atoms with Gasteiger partial charge in [0.05, 0.1) is 0 Å². The van der Waals surface area contributed by atoms with Crippen LogP contribution in [0, 0.1) is 17.8 Å². The van der Waals surface area contributed by atoms with Crippen LogP contribution in [0.15, 0.2) is 0 Å². The van der Waals surface area contributed by atoms with E-state index in [2.05, 4.69) is 20.8 Å². The minimum Gasteiger partial charge on any atom is -0.275 e. The maximum Gasteiger partial charge on any atom is 0.158 e. The highest BCUT2D eigenvalue weighted by molar-refractivity contribution is 7.24. The van der Waals surface area contributed by atoms with Crippen LogP contribution in [0.4, 0.5) is 0 Å². The summed E-state index contributed by atoms with van der Waals surface area (Å²) in [5.74, 6) is 2.18. The largest absolute Gasteiger partial charge is 0.275 e. The Bertz CT molecular complexity index is 156. The van der Waals surface area contributed by atoms with Gasteiger partial charge in [-0.1, -0.05) is 27.2 Å². The molecule has 2 heteroatoms. The number of hydrogen-bond acceptors (Lipinski definition) is 1. The summed E-state index contributed by atoms with van der Waals surface area (Å²) >= 11 is 0. The summed E-state index contributed by atoms with van der Waals surface area (Å²) in [6, 6.07) is 0. The lowest BCUT2D eigenvalue weighted by Gasteiger charge is -2.33. The Morgan fingerprint density at radius 2 is 2.00 bits per heavy atom. The fraction of sp³-hybridized carbons (Fsp3) is 1.00. The van der Waals surface area contributed by atoms with Gasteiger partial charge in [0, 0.05) is 5.66 Å². The van der Waals surface area contributed by atoms with Gasteiger partial charge in [0.15, 0.2) is 8.46 Å². The molecule has 0 aromatic carbocycles. The van der Waals surface area contributed by atoms with Crippen LogP contribution >= 0.6 is 8.46 Å². The Balaban J connectivity index is 2.56. The molecule has 1 aliphatic carbocycles. The van der Waals surface area contributed by atoms with Gasteiger partial charge in [0.2, 0.25) is 0 Å². The Hall–Kier alpha value is 0.100. The quantitative estimate of drug-likeness (QED) is 0.600. The average Bonchev–Trinajstić information content (AvgIpc) is 2.03. The maximum atomic E-state index is 10.9. The first kappa shape index (κ1) is 10.2. The minimum absolute atomic E-state index is 0.376. The molecular formula is C10H19OP. The lowest BCUT2D eigenvalue weighted by Crippen LogP contribution is -2.28. The molecule has 0 aromatic rings. The van der Waals surface area contributed by atoms with Crippen molar-refractivity contribution in [3.63, 3.8) is 0 Å². The molecule has 0 aliphatic heterocycles. The minimum atomic E-state index is 0.376. The first-order valence-corrected chi connectivity index (χ1v) is 5.85. The Morgan fingerprint density at radius 3 is 2.50 bits per heavy atom. The highest BCUT2D eigenvalue weighted by atomic mass is 31.1. The van der Waals surface area contributed by atoms with Crippen LogP contribution in [0.5, 0.6) is 0 Å². The first-order valence-electron chi connectivity index (χ1n) is 4.97. The molecular weight excluding hydrogens is 167 g/mol. The first-order chi connectivity index (χ1) is 5.65. The molecule has 0 radical (unpaired) electrons. The molecule has 1 aliphatic rings. The van der Waals surface area contributed by atoms with Crippen LogP contribution in [0.2, 0.25) is 0 Å².